The molecule has 0 unspecified atom stereocenters. The Morgan fingerprint density at radius 1 is 1.00 bits per heavy atom. The van der Waals surface area contributed by atoms with Crippen molar-refractivity contribution in [2.75, 3.05) is 10.8 Å². The Balaban J connectivity index is 1.87. The number of nitrogens with zero attached hydrogens (tertiary/aromatic N) is 2. The van der Waals surface area contributed by atoms with Gasteiger partial charge in [-0.15, -0.1) is 0 Å². The predicted molar refractivity (Wildman–Crippen MR) is 111 cm³/mol. The Bertz CT molecular complexity index is 954. The minimum atomic E-state index is -3.98. The average molecular weight is 420 g/mol. The summed E-state index contributed by atoms with van der Waals surface area (Å²) >= 11 is 6.23. The first-order valence-corrected chi connectivity index (χ1v) is 11.0. The Morgan fingerprint density at radius 3 is 2.32 bits per heavy atom. The number of rotatable bonds is 6. The number of anilines is 1. The normalized spacial score (nSPS) is 14.4. The summed E-state index contributed by atoms with van der Waals surface area (Å²) in [5.74, 6) is -0.516. The molecule has 0 aliphatic heterocycles. The molecule has 0 heterocycles. The zero-order valence-corrected chi connectivity index (χ0v) is 16.9. The summed E-state index contributed by atoms with van der Waals surface area (Å²) < 4.78 is 27.4. The summed E-state index contributed by atoms with van der Waals surface area (Å²) in [7, 11) is -3.98. The van der Waals surface area contributed by atoms with Crippen molar-refractivity contribution in [2.24, 2.45) is 5.10 Å². The maximum absolute atomic E-state index is 13.2. The second-order valence-corrected chi connectivity index (χ2v) is 8.82. The zero-order valence-electron chi connectivity index (χ0n) is 15.3. The summed E-state index contributed by atoms with van der Waals surface area (Å²) in [4.78, 5) is 12.6. The lowest BCUT2D eigenvalue weighted by molar-refractivity contribution is -0.119. The molecule has 0 bridgehead atoms. The van der Waals surface area contributed by atoms with E-state index < -0.39 is 22.5 Å². The van der Waals surface area contributed by atoms with Crippen molar-refractivity contribution in [1.29, 1.82) is 0 Å². The highest BCUT2D eigenvalue weighted by molar-refractivity contribution is 7.92. The fraction of sp³-hybridized carbons (Fsp3) is 0.300. The molecule has 0 spiro atoms. The van der Waals surface area contributed by atoms with Gasteiger partial charge in [0, 0.05) is 5.71 Å². The molecule has 28 heavy (non-hydrogen) atoms. The summed E-state index contributed by atoms with van der Waals surface area (Å²) in [5, 5.41) is 4.41. The quantitative estimate of drug-likeness (QED) is 0.719. The Labute approximate surface area is 170 Å². The molecule has 1 fully saturated rings. The van der Waals surface area contributed by atoms with Gasteiger partial charge in [0.05, 0.1) is 15.6 Å². The number of hydrogen-bond acceptors (Lipinski definition) is 4. The minimum Gasteiger partial charge on any atom is -0.271 e. The Morgan fingerprint density at radius 2 is 1.64 bits per heavy atom. The van der Waals surface area contributed by atoms with E-state index in [0.717, 1.165) is 35.7 Å². The Hall–Kier alpha value is -2.38. The number of para-hydroxylation sites is 1. The molecular formula is C20H22ClN3O3S. The SMILES string of the molecule is O=C(CN(c1ccccc1Cl)S(=O)(=O)c1ccccc1)NN=C1CCCCC1. The van der Waals surface area contributed by atoms with Crippen LogP contribution in [0.5, 0.6) is 0 Å². The van der Waals surface area contributed by atoms with Crippen molar-refractivity contribution in [3.8, 4) is 0 Å². The summed E-state index contributed by atoms with van der Waals surface area (Å²) in [5.41, 5.74) is 3.68. The molecule has 148 valence electrons. The molecule has 1 N–H and O–H groups in total. The maximum atomic E-state index is 13.2. The molecule has 1 saturated carbocycles. The van der Waals surface area contributed by atoms with Crippen LogP contribution in [-0.2, 0) is 14.8 Å². The van der Waals surface area contributed by atoms with Gasteiger partial charge in [0.1, 0.15) is 6.54 Å². The number of halogens is 1. The highest BCUT2D eigenvalue weighted by Gasteiger charge is 2.28. The van der Waals surface area contributed by atoms with Gasteiger partial charge in [-0.1, -0.05) is 48.4 Å². The van der Waals surface area contributed by atoms with Gasteiger partial charge in [0.25, 0.3) is 15.9 Å². The first-order chi connectivity index (χ1) is 13.5. The van der Waals surface area contributed by atoms with Gasteiger partial charge in [0.15, 0.2) is 0 Å². The van der Waals surface area contributed by atoms with Crippen molar-refractivity contribution in [3.63, 3.8) is 0 Å². The molecule has 0 saturated heterocycles. The zero-order chi connectivity index (χ0) is 20.0. The molecule has 6 nitrogen and oxygen atoms in total. The average Bonchev–Trinajstić information content (AvgIpc) is 2.72. The van der Waals surface area contributed by atoms with E-state index in [0.29, 0.717) is 0 Å². The lowest BCUT2D eigenvalue weighted by Crippen LogP contribution is -2.40. The monoisotopic (exact) mass is 419 g/mol. The number of hydrazone groups is 1. The third-order valence-corrected chi connectivity index (χ3v) is 6.60. The van der Waals surface area contributed by atoms with Gasteiger partial charge in [-0.25, -0.2) is 13.8 Å². The van der Waals surface area contributed by atoms with Crippen LogP contribution in [0, 0.1) is 0 Å². The highest BCUT2D eigenvalue weighted by atomic mass is 35.5. The molecule has 0 atom stereocenters. The summed E-state index contributed by atoms with van der Waals surface area (Å²) in [6.45, 7) is -0.419. The molecule has 1 amide bonds. The van der Waals surface area contributed by atoms with Crippen molar-refractivity contribution in [2.45, 2.75) is 37.0 Å². The van der Waals surface area contributed by atoms with Gasteiger partial charge >= 0.3 is 0 Å². The van der Waals surface area contributed by atoms with E-state index in [9.17, 15) is 13.2 Å². The number of benzene rings is 2. The number of hydrogen-bond donors (Lipinski definition) is 1. The molecule has 1 aliphatic carbocycles. The first kappa shape index (κ1) is 20.4. The second kappa shape index (κ2) is 9.21. The predicted octanol–water partition coefficient (Wildman–Crippen LogP) is 3.97. The summed E-state index contributed by atoms with van der Waals surface area (Å²) in [6.07, 6.45) is 5.00. The van der Waals surface area contributed by atoms with Crippen molar-refractivity contribution in [1.82, 2.24) is 5.43 Å². The Kier molecular flexibility index (Phi) is 6.70. The number of nitrogens with one attached hydrogen (secondary N) is 1. The fourth-order valence-corrected chi connectivity index (χ4v) is 4.80. The van der Waals surface area contributed by atoms with E-state index >= 15 is 0 Å². The largest absolute Gasteiger partial charge is 0.271 e. The van der Waals surface area contributed by atoms with E-state index in [1.807, 2.05) is 0 Å². The van der Waals surface area contributed by atoms with Crippen LogP contribution in [0.1, 0.15) is 32.1 Å². The summed E-state index contributed by atoms with van der Waals surface area (Å²) in [6, 6.07) is 14.5. The van der Waals surface area contributed by atoms with Gasteiger partial charge in [-0.05, 0) is 49.9 Å². The van der Waals surface area contributed by atoms with Gasteiger partial charge in [0.2, 0.25) is 0 Å². The molecule has 0 aromatic heterocycles. The third-order valence-electron chi connectivity index (χ3n) is 4.51. The second-order valence-electron chi connectivity index (χ2n) is 6.55. The molecular weight excluding hydrogens is 398 g/mol. The van der Waals surface area contributed by atoms with E-state index in [4.69, 9.17) is 11.6 Å². The van der Waals surface area contributed by atoms with Crippen LogP contribution >= 0.6 is 11.6 Å². The van der Waals surface area contributed by atoms with E-state index in [1.54, 1.807) is 42.5 Å². The topological polar surface area (TPSA) is 78.8 Å². The van der Waals surface area contributed by atoms with Gasteiger partial charge in [-0.3, -0.25) is 9.10 Å². The lowest BCUT2D eigenvalue weighted by Gasteiger charge is -2.24. The van der Waals surface area contributed by atoms with E-state index in [2.05, 4.69) is 10.5 Å². The number of amides is 1. The maximum Gasteiger partial charge on any atom is 0.264 e. The van der Waals surface area contributed by atoms with Crippen LogP contribution in [0.2, 0.25) is 5.02 Å². The van der Waals surface area contributed by atoms with Crippen LogP contribution < -0.4 is 9.73 Å². The smallest absolute Gasteiger partial charge is 0.264 e. The number of sulfonamides is 1. The fourth-order valence-electron chi connectivity index (χ4n) is 3.05. The van der Waals surface area contributed by atoms with Crippen molar-refractivity contribution < 1.29 is 13.2 Å². The third kappa shape index (κ3) is 4.91. The van der Waals surface area contributed by atoms with Crippen molar-refractivity contribution in [3.05, 3.63) is 59.6 Å². The van der Waals surface area contributed by atoms with Crippen LogP contribution in [0.25, 0.3) is 0 Å². The standard InChI is InChI=1S/C20H22ClN3O3S/c21-18-13-7-8-14-19(18)24(28(26,27)17-11-5-2-6-12-17)15-20(25)23-22-16-9-3-1-4-10-16/h2,5-8,11-14H,1,3-4,9-10,15H2,(H,23,25). The molecule has 0 radical (unpaired) electrons. The van der Waals surface area contributed by atoms with E-state index in [-0.39, 0.29) is 15.6 Å². The number of carbonyl (C=O) groups excluding carboxylic acids is 1. The molecule has 3 rings (SSSR count). The highest BCUT2D eigenvalue weighted by Crippen LogP contribution is 2.30. The first-order valence-electron chi connectivity index (χ1n) is 9.15. The number of carbonyl (C=O) groups is 1. The van der Waals surface area contributed by atoms with Crippen LogP contribution in [0.3, 0.4) is 0 Å². The molecule has 2 aromatic rings. The lowest BCUT2D eigenvalue weighted by atomic mass is 9.99. The van der Waals surface area contributed by atoms with Gasteiger partial charge in [-0.2, -0.15) is 5.10 Å². The van der Waals surface area contributed by atoms with Crippen LogP contribution in [0.4, 0.5) is 5.69 Å². The van der Waals surface area contributed by atoms with Gasteiger partial charge < -0.3 is 0 Å². The minimum absolute atomic E-state index is 0.0846. The van der Waals surface area contributed by atoms with Crippen LogP contribution in [0.15, 0.2) is 64.6 Å². The van der Waals surface area contributed by atoms with E-state index in [1.165, 1.54) is 18.6 Å². The molecule has 2 aromatic carbocycles. The van der Waals surface area contributed by atoms with Crippen LogP contribution in [-0.4, -0.2) is 26.6 Å². The molecule has 1 aliphatic rings. The van der Waals surface area contributed by atoms with Crippen molar-refractivity contribution >= 4 is 38.9 Å². The molecule has 8 heteroatoms.